The number of nitrogens with two attached hydrogens (primary N) is 1. The molecule has 0 atom stereocenters. The molecule has 0 spiro atoms. The number of carbonyl (C=O) groups is 2. The van der Waals surface area contributed by atoms with Crippen molar-refractivity contribution >= 4 is 27.3 Å². The summed E-state index contributed by atoms with van der Waals surface area (Å²) in [6.45, 7) is -0.209. The highest BCUT2D eigenvalue weighted by Gasteiger charge is 2.30. The third kappa shape index (κ3) is 5.00. The van der Waals surface area contributed by atoms with Crippen LogP contribution < -0.4 is 10.6 Å². The van der Waals surface area contributed by atoms with E-state index in [1.807, 2.05) is 0 Å². The van der Waals surface area contributed by atoms with Crippen LogP contribution in [-0.4, -0.2) is 56.3 Å². The predicted molar refractivity (Wildman–Crippen MR) is 108 cm³/mol. The number of benzene rings is 2. The van der Waals surface area contributed by atoms with Gasteiger partial charge in [-0.1, -0.05) is 24.3 Å². The fourth-order valence-electron chi connectivity index (χ4n) is 3.13. The first-order valence-corrected chi connectivity index (χ1v) is 11.1. The van der Waals surface area contributed by atoms with Gasteiger partial charge in [-0.2, -0.15) is 0 Å². The van der Waals surface area contributed by atoms with Crippen LogP contribution in [0.25, 0.3) is 0 Å². The van der Waals surface area contributed by atoms with Crippen molar-refractivity contribution in [2.24, 2.45) is 5.73 Å². The number of anilines is 1. The van der Waals surface area contributed by atoms with Crippen LogP contribution in [0.1, 0.15) is 15.9 Å². The molecule has 7 nitrogen and oxygen atoms in total. The number of hydrogen-bond acceptors (Lipinski definition) is 5. The molecule has 2 aromatic rings. The van der Waals surface area contributed by atoms with E-state index >= 15 is 0 Å². The van der Waals surface area contributed by atoms with E-state index in [9.17, 15) is 26.8 Å². The van der Waals surface area contributed by atoms with Crippen molar-refractivity contribution in [1.82, 2.24) is 4.90 Å². The van der Waals surface area contributed by atoms with Crippen molar-refractivity contribution in [2.45, 2.75) is 6.54 Å². The third-order valence-electron chi connectivity index (χ3n) is 4.85. The molecule has 160 valence electrons. The minimum Gasteiger partial charge on any atom is -0.324 e. The first kappa shape index (κ1) is 21.8. The third-order valence-corrected chi connectivity index (χ3v) is 6.46. The van der Waals surface area contributed by atoms with Gasteiger partial charge in [0.15, 0.2) is 15.6 Å². The van der Waals surface area contributed by atoms with Crippen molar-refractivity contribution in [2.75, 3.05) is 36.0 Å². The predicted octanol–water partition coefficient (Wildman–Crippen LogP) is 1.96. The second kappa shape index (κ2) is 8.88. The number of halogens is 2. The number of ketones is 1. The maximum absolute atomic E-state index is 14.5. The molecule has 30 heavy (non-hydrogen) atoms. The van der Waals surface area contributed by atoms with Crippen LogP contribution in [0.15, 0.2) is 42.5 Å². The Morgan fingerprint density at radius 3 is 2.23 bits per heavy atom. The van der Waals surface area contributed by atoms with Crippen LogP contribution in [0.4, 0.5) is 19.3 Å². The lowest BCUT2D eigenvalue weighted by Gasteiger charge is -2.33. The molecule has 2 N–H and O–H groups in total. The summed E-state index contributed by atoms with van der Waals surface area (Å²) in [4.78, 5) is 27.2. The summed E-state index contributed by atoms with van der Waals surface area (Å²) in [6, 6.07) is 8.65. The number of rotatable bonds is 5. The maximum Gasteiger partial charge on any atom is 0.324 e. The molecule has 0 radical (unpaired) electrons. The molecule has 0 aliphatic carbocycles. The van der Waals surface area contributed by atoms with Gasteiger partial charge in [0.1, 0.15) is 11.6 Å². The molecule has 3 rings (SSSR count). The van der Waals surface area contributed by atoms with Crippen molar-refractivity contribution in [1.29, 1.82) is 0 Å². The molecule has 2 aromatic carbocycles. The number of sulfone groups is 1. The SMILES string of the molecule is NCC(=O)c1ccc(CN(C(=O)N2CCS(=O)(=O)CC2)c2ccc(F)cc2F)cc1. The maximum atomic E-state index is 14.5. The summed E-state index contributed by atoms with van der Waals surface area (Å²) < 4.78 is 51.2. The summed E-state index contributed by atoms with van der Waals surface area (Å²) >= 11 is 0. The monoisotopic (exact) mass is 437 g/mol. The Labute approximate surface area is 173 Å². The van der Waals surface area contributed by atoms with Gasteiger partial charge < -0.3 is 10.6 Å². The van der Waals surface area contributed by atoms with Gasteiger partial charge in [0.25, 0.3) is 0 Å². The van der Waals surface area contributed by atoms with E-state index in [0.29, 0.717) is 17.2 Å². The summed E-state index contributed by atoms with van der Waals surface area (Å²) in [7, 11) is -3.21. The van der Waals surface area contributed by atoms with Crippen molar-refractivity contribution < 1.29 is 26.8 Å². The van der Waals surface area contributed by atoms with Crippen LogP contribution in [0, 0.1) is 11.6 Å². The standard InChI is InChI=1S/C20H21F2N3O4S/c21-16-5-6-18(17(22)11-16)25(20(27)24-7-9-30(28,29)10-8-24)13-14-1-3-15(4-2-14)19(26)12-23/h1-6,11H,7-10,12-13,23H2. The summed E-state index contributed by atoms with van der Waals surface area (Å²) in [5.41, 5.74) is 6.23. The Morgan fingerprint density at radius 1 is 1.03 bits per heavy atom. The van der Waals surface area contributed by atoms with Crippen LogP contribution in [0.2, 0.25) is 0 Å². The van der Waals surface area contributed by atoms with Crippen molar-refractivity contribution in [3.05, 3.63) is 65.2 Å². The number of amides is 2. The molecule has 1 fully saturated rings. The minimum absolute atomic E-state index is 0.00950. The Kier molecular flexibility index (Phi) is 6.47. The van der Waals surface area contributed by atoms with Crippen LogP contribution in [0.3, 0.4) is 0 Å². The van der Waals surface area contributed by atoms with E-state index in [1.54, 1.807) is 24.3 Å². The van der Waals surface area contributed by atoms with Gasteiger partial charge in [-0.25, -0.2) is 22.0 Å². The molecule has 1 aliphatic rings. The van der Waals surface area contributed by atoms with Gasteiger partial charge in [0.2, 0.25) is 0 Å². The Bertz CT molecular complexity index is 1040. The van der Waals surface area contributed by atoms with Gasteiger partial charge in [0.05, 0.1) is 30.3 Å². The number of urea groups is 1. The Hall–Kier alpha value is -2.85. The fourth-order valence-corrected chi connectivity index (χ4v) is 4.33. The molecular formula is C20H21F2N3O4S. The Balaban J connectivity index is 1.89. The number of Topliss-reactive ketones (excluding diaryl/α,β-unsaturated/α-hetero) is 1. The van der Waals surface area contributed by atoms with E-state index in [2.05, 4.69) is 0 Å². The smallest absolute Gasteiger partial charge is 0.324 e. The number of hydrogen-bond donors (Lipinski definition) is 1. The highest BCUT2D eigenvalue weighted by molar-refractivity contribution is 7.91. The van der Waals surface area contributed by atoms with E-state index in [1.165, 1.54) is 4.90 Å². The lowest BCUT2D eigenvalue weighted by atomic mass is 10.1. The van der Waals surface area contributed by atoms with Crippen molar-refractivity contribution in [3.63, 3.8) is 0 Å². The van der Waals surface area contributed by atoms with Crippen LogP contribution in [0.5, 0.6) is 0 Å². The topological polar surface area (TPSA) is 101 Å². The summed E-state index contributed by atoms with van der Waals surface area (Å²) in [5.74, 6) is -2.28. The summed E-state index contributed by atoms with van der Waals surface area (Å²) in [5, 5.41) is 0. The average molecular weight is 437 g/mol. The molecule has 1 saturated heterocycles. The lowest BCUT2D eigenvalue weighted by Crippen LogP contribution is -2.50. The van der Waals surface area contributed by atoms with Crippen molar-refractivity contribution in [3.8, 4) is 0 Å². The molecule has 1 aliphatic heterocycles. The molecule has 0 bridgehead atoms. The van der Waals surface area contributed by atoms with Gasteiger partial charge >= 0.3 is 6.03 Å². The fraction of sp³-hybridized carbons (Fsp3) is 0.300. The molecule has 0 aromatic heterocycles. The molecule has 0 unspecified atom stereocenters. The van der Waals surface area contributed by atoms with Crippen LogP contribution in [-0.2, 0) is 16.4 Å². The zero-order valence-corrected chi connectivity index (χ0v) is 16.9. The quantitative estimate of drug-likeness (QED) is 0.721. The van der Waals surface area contributed by atoms with Gasteiger partial charge in [-0.05, 0) is 17.7 Å². The molecule has 1 heterocycles. The van der Waals surface area contributed by atoms with E-state index in [0.717, 1.165) is 17.0 Å². The molecule has 2 amide bonds. The second-order valence-corrected chi connectivity index (χ2v) is 9.23. The number of carbonyl (C=O) groups excluding carboxylic acids is 2. The first-order valence-electron chi connectivity index (χ1n) is 9.24. The normalized spacial score (nSPS) is 15.6. The highest BCUT2D eigenvalue weighted by atomic mass is 32.2. The summed E-state index contributed by atoms with van der Waals surface area (Å²) in [6.07, 6.45) is 0. The molecule has 0 saturated carbocycles. The zero-order valence-electron chi connectivity index (χ0n) is 16.1. The largest absolute Gasteiger partial charge is 0.324 e. The lowest BCUT2D eigenvalue weighted by molar-refractivity contribution is 0.100. The number of nitrogens with zero attached hydrogens (tertiary/aromatic N) is 2. The molecular weight excluding hydrogens is 416 g/mol. The minimum atomic E-state index is -3.21. The van der Waals surface area contributed by atoms with Gasteiger partial charge in [-0.15, -0.1) is 0 Å². The van der Waals surface area contributed by atoms with E-state index in [4.69, 9.17) is 5.73 Å². The van der Waals surface area contributed by atoms with E-state index < -0.39 is 27.5 Å². The molecule has 10 heteroatoms. The first-order chi connectivity index (χ1) is 14.2. The van der Waals surface area contributed by atoms with E-state index in [-0.39, 0.29) is 49.2 Å². The second-order valence-electron chi connectivity index (χ2n) is 6.93. The zero-order chi connectivity index (χ0) is 21.9. The average Bonchev–Trinajstić information content (AvgIpc) is 2.72. The van der Waals surface area contributed by atoms with Crippen LogP contribution >= 0.6 is 0 Å². The highest BCUT2D eigenvalue weighted by Crippen LogP contribution is 2.24. The van der Waals surface area contributed by atoms with Gasteiger partial charge in [-0.3, -0.25) is 9.69 Å². The van der Waals surface area contributed by atoms with Gasteiger partial charge in [0, 0.05) is 24.7 Å². The Morgan fingerprint density at radius 2 is 1.67 bits per heavy atom.